The quantitative estimate of drug-likeness (QED) is 0.0717. The molecule has 0 heterocycles. The topological polar surface area (TPSA) is 69.2 Å². The molecule has 0 bridgehead atoms. The first kappa shape index (κ1) is 46.6. The number of allylic oxidation sites excluding steroid dienone is 4. The van der Waals surface area contributed by atoms with Gasteiger partial charge in [-0.05, 0) is 66.2 Å². The molecule has 2 aliphatic rings. The molecule has 1 N–H and O–H groups in total. The predicted octanol–water partition coefficient (Wildman–Crippen LogP) is 8.92. The Morgan fingerprint density at radius 1 is 0.526 bits per heavy atom. The van der Waals surface area contributed by atoms with E-state index in [0.717, 1.165) is 21.9 Å². The summed E-state index contributed by atoms with van der Waals surface area (Å²) in [6, 6.07) is 61.5. The first-order valence-corrected chi connectivity index (χ1v) is 21.5. The second kappa shape index (κ2) is 24.8. The summed E-state index contributed by atoms with van der Waals surface area (Å²) >= 11 is 0. The zero-order valence-electron chi connectivity index (χ0n) is 30.9. The van der Waals surface area contributed by atoms with Crippen molar-refractivity contribution in [1.29, 1.82) is 0 Å². The van der Waals surface area contributed by atoms with Crippen LogP contribution >= 0.6 is 15.8 Å². The summed E-state index contributed by atoms with van der Waals surface area (Å²) in [4.78, 5) is 0. The molecule has 4 nitrogen and oxygen atoms in total. The Morgan fingerprint density at radius 3 is 1.19 bits per heavy atom. The van der Waals surface area contributed by atoms with Gasteiger partial charge in [0.05, 0.1) is 32.9 Å². The molecule has 8 rings (SSSR count). The number of nitrogens with one attached hydrogen (secondary N) is 1. The standard InChI is InChI=1S/2C17H10P.C13H12N.CH4O3S.Fe.Pd/c2*1-3-9-15(10-4-1)18(17-13-7-8-14-17)16-11-5-2-6-12-16;1-14-13-10-6-5-9-12(13)11-7-3-2-4-8-11;1-5(2,3)4;;/h2*1-6,9-12H;2-7,9-10,14H,1H3;1H3,(H,2,3,4);;/p-1. The number of para-hydroxylation sites is 1. The van der Waals surface area contributed by atoms with Gasteiger partial charge in [-0.15, -0.1) is 0 Å². The van der Waals surface area contributed by atoms with Crippen LogP contribution in [0.4, 0.5) is 5.69 Å². The van der Waals surface area contributed by atoms with Crippen molar-refractivity contribution in [3.63, 3.8) is 0 Å². The molecule has 0 saturated carbocycles. The van der Waals surface area contributed by atoms with Gasteiger partial charge in [0.2, 0.25) is 0 Å². The fourth-order valence-corrected chi connectivity index (χ4v) is 9.45. The first-order valence-electron chi connectivity index (χ1n) is 17.0. The molecule has 6 aromatic carbocycles. The monoisotopic (exact) mass is 929 g/mol. The van der Waals surface area contributed by atoms with E-state index in [-0.39, 0.29) is 37.5 Å². The van der Waals surface area contributed by atoms with E-state index >= 15 is 0 Å². The molecule has 0 atom stereocenters. The average molecular weight is 930 g/mol. The van der Waals surface area contributed by atoms with Gasteiger partial charge in [-0.1, -0.05) is 187 Å². The minimum Gasteiger partial charge on any atom is -0.748 e. The molecule has 0 fully saturated rings. The number of anilines is 1. The molecule has 6 aromatic rings. The number of hydrogen-bond acceptors (Lipinski definition) is 4. The van der Waals surface area contributed by atoms with Crippen molar-refractivity contribution >= 4 is 52.9 Å². The third-order valence-corrected chi connectivity index (χ3v) is 12.1. The van der Waals surface area contributed by atoms with Crippen LogP contribution in [0.2, 0.25) is 0 Å². The van der Waals surface area contributed by atoms with Crippen molar-refractivity contribution in [2.24, 2.45) is 0 Å². The van der Waals surface area contributed by atoms with Gasteiger partial charge in [-0.25, -0.2) is 8.42 Å². The van der Waals surface area contributed by atoms with E-state index in [4.69, 9.17) is 13.0 Å². The minimum atomic E-state index is -3.92. The number of hydrogen-bond donors (Lipinski definition) is 1. The molecule has 2 aliphatic carbocycles. The fraction of sp³-hybridized carbons (Fsp3) is 0.0417. The number of rotatable bonds is 8. The van der Waals surface area contributed by atoms with Gasteiger partial charge in [0.25, 0.3) is 0 Å². The minimum absolute atomic E-state index is 0. The zero-order valence-corrected chi connectivity index (χ0v) is 36.1. The molecule has 0 spiro atoms. The Kier molecular flexibility index (Phi) is 20.3. The Hall–Kier alpha value is -4.77. The Bertz CT molecular complexity index is 2360. The summed E-state index contributed by atoms with van der Waals surface area (Å²) in [6.07, 6.45) is 6.86. The average Bonchev–Trinajstić information content (AvgIpc) is 3.96. The normalized spacial score (nSPS) is 11.1. The smallest absolute Gasteiger partial charge is 0.0916 e. The maximum absolute atomic E-state index is 9.08. The van der Waals surface area contributed by atoms with Crippen molar-refractivity contribution in [3.8, 4) is 11.1 Å². The van der Waals surface area contributed by atoms with Crippen LogP contribution in [0.15, 0.2) is 215 Å². The molecule has 0 aromatic heterocycles. The molecule has 57 heavy (non-hydrogen) atoms. The van der Waals surface area contributed by atoms with Gasteiger partial charge >= 0.3 is 0 Å². The molecule has 0 amide bonds. The molecule has 285 valence electrons. The molecular formula is C48H35FeNO3P2PdS-. The van der Waals surface area contributed by atoms with Crippen molar-refractivity contribution in [3.05, 3.63) is 233 Å². The van der Waals surface area contributed by atoms with E-state index in [0.29, 0.717) is 6.26 Å². The SMILES string of the molecule is CNc1ccccc1-c1[c]cccc1.CS(=O)(=O)[O-].[C]1=C=C=C=C1P(c1ccccc1)c1ccccc1.[C]1=C=C=C=C1P(c1ccccc1)c1ccccc1.[Fe].[Pd]. The van der Waals surface area contributed by atoms with Crippen LogP contribution in [0.3, 0.4) is 0 Å². The second-order valence-electron chi connectivity index (χ2n) is 11.5. The maximum atomic E-state index is 9.08. The summed E-state index contributed by atoms with van der Waals surface area (Å²) in [7, 11) is -3.15. The van der Waals surface area contributed by atoms with Gasteiger partial charge in [0.1, 0.15) is 0 Å². The van der Waals surface area contributed by atoms with Crippen LogP contribution in [-0.2, 0) is 47.6 Å². The fourth-order valence-electron chi connectivity index (χ4n) is 5.27. The van der Waals surface area contributed by atoms with Crippen LogP contribution < -0.4 is 26.5 Å². The second-order valence-corrected chi connectivity index (χ2v) is 17.2. The molecule has 9 heteroatoms. The Labute approximate surface area is 363 Å². The molecule has 0 saturated heterocycles. The molecule has 0 aliphatic heterocycles. The first-order chi connectivity index (χ1) is 26.8. The molecule has 0 unspecified atom stereocenters. The third kappa shape index (κ3) is 15.3. The van der Waals surface area contributed by atoms with Gasteiger partial charge < -0.3 is 9.87 Å². The maximum Gasteiger partial charge on any atom is 0.0916 e. The van der Waals surface area contributed by atoms with E-state index in [1.807, 2.05) is 61.6 Å². The van der Waals surface area contributed by atoms with Crippen LogP contribution in [-0.4, -0.2) is 26.3 Å². The number of benzene rings is 6. The van der Waals surface area contributed by atoms with Crippen LogP contribution in [0, 0.1) is 18.2 Å². The van der Waals surface area contributed by atoms with Gasteiger partial charge in [0, 0.05) is 62.0 Å². The molecule has 3 radical (unpaired) electrons. The zero-order chi connectivity index (χ0) is 38.7. The Balaban J connectivity index is 0.000000214. The summed E-state index contributed by atoms with van der Waals surface area (Å²) in [5.41, 5.74) is 21.1. The van der Waals surface area contributed by atoms with Crippen molar-refractivity contribution in [2.45, 2.75) is 0 Å². The van der Waals surface area contributed by atoms with Crippen LogP contribution in [0.5, 0.6) is 0 Å². The Morgan fingerprint density at radius 2 is 0.877 bits per heavy atom. The van der Waals surface area contributed by atoms with E-state index in [9.17, 15) is 0 Å². The van der Waals surface area contributed by atoms with Crippen molar-refractivity contribution in [2.75, 3.05) is 18.6 Å². The van der Waals surface area contributed by atoms with Crippen molar-refractivity contribution < 1.29 is 50.5 Å². The largest absolute Gasteiger partial charge is 0.748 e. The summed E-state index contributed by atoms with van der Waals surface area (Å²) in [5, 5.41) is 10.5. The summed E-state index contributed by atoms with van der Waals surface area (Å²) in [5.74, 6) is 0. The van der Waals surface area contributed by atoms with E-state index in [1.165, 1.54) is 26.8 Å². The summed E-state index contributed by atoms with van der Waals surface area (Å²) < 4.78 is 27.2. The summed E-state index contributed by atoms with van der Waals surface area (Å²) in [6.45, 7) is 0. The van der Waals surface area contributed by atoms with E-state index in [2.05, 4.69) is 173 Å². The van der Waals surface area contributed by atoms with E-state index in [1.54, 1.807) is 0 Å². The van der Waals surface area contributed by atoms with Crippen LogP contribution in [0.1, 0.15) is 0 Å². The van der Waals surface area contributed by atoms with Crippen LogP contribution in [0.25, 0.3) is 11.1 Å². The molecular weight excluding hydrogens is 895 g/mol. The predicted molar refractivity (Wildman–Crippen MR) is 229 cm³/mol. The van der Waals surface area contributed by atoms with Gasteiger partial charge in [-0.2, -0.15) is 0 Å². The third-order valence-electron chi connectivity index (χ3n) is 7.55. The van der Waals surface area contributed by atoms with E-state index < -0.39 is 26.0 Å². The van der Waals surface area contributed by atoms with Gasteiger partial charge in [-0.3, -0.25) is 0 Å². The van der Waals surface area contributed by atoms with Crippen molar-refractivity contribution in [1.82, 2.24) is 0 Å². The van der Waals surface area contributed by atoms with Gasteiger partial charge in [0.15, 0.2) is 0 Å².